The molecule has 0 unspecified atom stereocenters. The van der Waals surface area contributed by atoms with E-state index in [4.69, 9.17) is 4.98 Å². The van der Waals surface area contributed by atoms with Crippen molar-refractivity contribution in [2.45, 2.75) is 6.42 Å². The van der Waals surface area contributed by atoms with Crippen molar-refractivity contribution in [1.29, 1.82) is 0 Å². The Kier molecular flexibility index (Phi) is 3.33. The molecule has 1 aliphatic rings. The zero-order valence-corrected chi connectivity index (χ0v) is 18.2. The van der Waals surface area contributed by atoms with Gasteiger partial charge in [0.15, 0.2) is 0 Å². The molecular weight excluding hydrogens is 416 g/mol. The molecule has 1 aliphatic carbocycles. The van der Waals surface area contributed by atoms with Gasteiger partial charge in [-0.1, -0.05) is 78.9 Å². The van der Waals surface area contributed by atoms with E-state index in [-0.39, 0.29) is 5.56 Å². The second-order valence-electron chi connectivity index (χ2n) is 9.16. The van der Waals surface area contributed by atoms with Crippen LogP contribution in [0.2, 0.25) is 0 Å². The molecule has 5 aromatic carbocycles. The minimum absolute atomic E-state index is 0.00737. The monoisotopic (exact) mass is 434 g/mol. The van der Waals surface area contributed by atoms with Gasteiger partial charge in [0.1, 0.15) is 5.65 Å². The van der Waals surface area contributed by atoms with Crippen molar-refractivity contribution in [1.82, 2.24) is 9.38 Å². The molecule has 0 saturated heterocycles. The van der Waals surface area contributed by atoms with Gasteiger partial charge in [0.2, 0.25) is 0 Å². The first-order chi connectivity index (χ1) is 16.8. The molecule has 34 heavy (non-hydrogen) atoms. The highest BCUT2D eigenvalue weighted by atomic mass is 16.1. The van der Waals surface area contributed by atoms with Crippen LogP contribution < -0.4 is 5.56 Å². The van der Waals surface area contributed by atoms with Crippen molar-refractivity contribution in [3.8, 4) is 22.3 Å². The minimum Gasteiger partial charge on any atom is -0.268 e. The topological polar surface area (TPSA) is 34.4 Å². The summed E-state index contributed by atoms with van der Waals surface area (Å²) < 4.78 is 1.82. The molecule has 158 valence electrons. The van der Waals surface area contributed by atoms with Crippen LogP contribution in [0.5, 0.6) is 0 Å². The summed E-state index contributed by atoms with van der Waals surface area (Å²) in [6.07, 6.45) is 0.911. The largest absolute Gasteiger partial charge is 0.268 e. The van der Waals surface area contributed by atoms with Crippen LogP contribution >= 0.6 is 0 Å². The number of nitrogens with zero attached hydrogens (tertiary/aromatic N) is 2. The van der Waals surface area contributed by atoms with Gasteiger partial charge in [-0.05, 0) is 63.4 Å². The molecule has 0 N–H and O–H groups in total. The molecule has 0 bridgehead atoms. The number of imidazole rings is 1. The molecule has 2 aromatic heterocycles. The fourth-order valence-electron chi connectivity index (χ4n) is 5.85. The summed E-state index contributed by atoms with van der Waals surface area (Å²) in [4.78, 5) is 18.9. The highest BCUT2D eigenvalue weighted by molar-refractivity contribution is 6.19. The van der Waals surface area contributed by atoms with E-state index >= 15 is 0 Å². The lowest BCUT2D eigenvalue weighted by Crippen LogP contribution is -2.13. The van der Waals surface area contributed by atoms with E-state index in [9.17, 15) is 4.79 Å². The van der Waals surface area contributed by atoms with Crippen molar-refractivity contribution >= 4 is 38.2 Å². The van der Waals surface area contributed by atoms with E-state index < -0.39 is 0 Å². The van der Waals surface area contributed by atoms with Crippen LogP contribution in [0.25, 0.3) is 60.5 Å². The van der Waals surface area contributed by atoms with E-state index in [2.05, 4.69) is 72.8 Å². The predicted molar refractivity (Wildman–Crippen MR) is 139 cm³/mol. The standard InChI is InChI=1S/C31H18N2O/c34-31-25-14-13-22(18-7-2-1-3-8-18)23-11-6-12-24(29(23)25)30-32-27-16-20-15-19-9-4-5-10-21(19)26(20)17-28(27)33(30)31/h1-14,16-17H,15H2. The summed E-state index contributed by atoms with van der Waals surface area (Å²) in [5.41, 5.74) is 9.84. The van der Waals surface area contributed by atoms with E-state index in [1.165, 1.54) is 22.3 Å². The van der Waals surface area contributed by atoms with Crippen molar-refractivity contribution in [2.75, 3.05) is 0 Å². The summed E-state index contributed by atoms with van der Waals surface area (Å²) in [6.45, 7) is 0. The maximum Gasteiger partial charge on any atom is 0.264 e. The lowest BCUT2D eigenvalue weighted by Gasteiger charge is -2.12. The first-order valence-corrected chi connectivity index (χ1v) is 11.6. The van der Waals surface area contributed by atoms with Crippen LogP contribution in [0, 0.1) is 0 Å². The highest BCUT2D eigenvalue weighted by Crippen LogP contribution is 2.40. The first kappa shape index (κ1) is 18.0. The van der Waals surface area contributed by atoms with Gasteiger partial charge in [0.05, 0.1) is 11.0 Å². The minimum atomic E-state index is -0.00737. The van der Waals surface area contributed by atoms with Gasteiger partial charge in [0.25, 0.3) is 5.56 Å². The van der Waals surface area contributed by atoms with Gasteiger partial charge in [0, 0.05) is 16.2 Å². The van der Waals surface area contributed by atoms with Gasteiger partial charge >= 0.3 is 0 Å². The van der Waals surface area contributed by atoms with Crippen molar-refractivity contribution < 1.29 is 0 Å². The molecule has 0 spiro atoms. The number of aromatic nitrogens is 2. The first-order valence-electron chi connectivity index (χ1n) is 11.6. The van der Waals surface area contributed by atoms with E-state index in [0.717, 1.165) is 55.8 Å². The number of pyridine rings is 1. The van der Waals surface area contributed by atoms with Gasteiger partial charge in [-0.2, -0.15) is 0 Å². The van der Waals surface area contributed by atoms with E-state index in [1.807, 2.05) is 28.7 Å². The molecule has 8 rings (SSSR count). The van der Waals surface area contributed by atoms with Crippen molar-refractivity contribution in [3.05, 3.63) is 119 Å². The third-order valence-corrected chi connectivity index (χ3v) is 7.37. The summed E-state index contributed by atoms with van der Waals surface area (Å²) in [5, 5.41) is 3.83. The zero-order chi connectivity index (χ0) is 22.4. The third-order valence-electron chi connectivity index (χ3n) is 7.37. The normalized spacial score (nSPS) is 12.7. The Labute approximate surface area is 194 Å². The van der Waals surface area contributed by atoms with Gasteiger partial charge < -0.3 is 0 Å². The average Bonchev–Trinajstić information content (AvgIpc) is 3.44. The molecule has 0 saturated carbocycles. The SMILES string of the molecule is O=c1c2ccc(-c3ccccc3)c3cccc(c32)c2nc3cc4c(cc3n12)-c1ccccc1C4. The molecule has 0 amide bonds. The molecule has 0 fully saturated rings. The molecule has 0 radical (unpaired) electrons. The highest BCUT2D eigenvalue weighted by Gasteiger charge is 2.22. The molecule has 0 atom stereocenters. The molecule has 0 aliphatic heterocycles. The van der Waals surface area contributed by atoms with Crippen LogP contribution in [-0.4, -0.2) is 9.38 Å². The fraction of sp³-hybridized carbons (Fsp3) is 0.0323. The fourth-order valence-corrected chi connectivity index (χ4v) is 5.85. The van der Waals surface area contributed by atoms with Crippen molar-refractivity contribution in [2.24, 2.45) is 0 Å². The Hall–Kier alpha value is -4.50. The quantitative estimate of drug-likeness (QED) is 0.284. The number of fused-ring (bicyclic) bond motifs is 7. The zero-order valence-electron chi connectivity index (χ0n) is 18.2. The summed E-state index contributed by atoms with van der Waals surface area (Å²) in [6, 6.07) is 33.5. The summed E-state index contributed by atoms with van der Waals surface area (Å²) in [7, 11) is 0. The lowest BCUT2D eigenvalue weighted by atomic mass is 9.94. The maximum atomic E-state index is 13.9. The average molecular weight is 434 g/mol. The Morgan fingerprint density at radius 2 is 1.47 bits per heavy atom. The predicted octanol–water partition coefficient (Wildman–Crippen LogP) is 6.83. The third kappa shape index (κ3) is 2.21. The molecule has 3 heteroatoms. The van der Waals surface area contributed by atoms with E-state index in [1.54, 1.807) is 0 Å². The van der Waals surface area contributed by atoms with Gasteiger partial charge in [-0.25, -0.2) is 4.98 Å². The molecular formula is C31H18N2O. The summed E-state index contributed by atoms with van der Waals surface area (Å²) >= 11 is 0. The Morgan fingerprint density at radius 1 is 0.647 bits per heavy atom. The molecule has 3 nitrogen and oxygen atoms in total. The number of benzene rings is 5. The van der Waals surface area contributed by atoms with Gasteiger partial charge in [-0.15, -0.1) is 0 Å². The van der Waals surface area contributed by atoms with Crippen LogP contribution in [0.1, 0.15) is 11.1 Å². The van der Waals surface area contributed by atoms with Crippen LogP contribution in [0.15, 0.2) is 102 Å². The van der Waals surface area contributed by atoms with Crippen LogP contribution in [-0.2, 0) is 6.42 Å². The smallest absolute Gasteiger partial charge is 0.264 e. The Balaban J connectivity index is 1.51. The molecule has 2 heterocycles. The maximum absolute atomic E-state index is 13.9. The summed E-state index contributed by atoms with van der Waals surface area (Å²) in [5.74, 6) is 0. The second-order valence-corrected chi connectivity index (χ2v) is 9.16. The molecule has 7 aromatic rings. The number of rotatable bonds is 1. The number of hydrogen-bond acceptors (Lipinski definition) is 2. The lowest BCUT2D eigenvalue weighted by molar-refractivity contribution is 1.19. The van der Waals surface area contributed by atoms with Gasteiger partial charge in [-0.3, -0.25) is 9.20 Å². The van der Waals surface area contributed by atoms with Crippen molar-refractivity contribution in [3.63, 3.8) is 0 Å². The number of hydrogen-bond donors (Lipinski definition) is 0. The van der Waals surface area contributed by atoms with E-state index in [0.29, 0.717) is 0 Å². The second kappa shape index (κ2) is 6.30. The Morgan fingerprint density at radius 3 is 2.38 bits per heavy atom. The van der Waals surface area contributed by atoms with Crippen LogP contribution in [0.4, 0.5) is 0 Å². The van der Waals surface area contributed by atoms with Crippen LogP contribution in [0.3, 0.4) is 0 Å². The Bertz CT molecular complexity index is 2000.